The van der Waals surface area contributed by atoms with Crippen molar-refractivity contribution in [1.29, 1.82) is 0 Å². The van der Waals surface area contributed by atoms with E-state index in [-0.39, 0.29) is 0 Å². The van der Waals surface area contributed by atoms with E-state index in [9.17, 15) is 0 Å². The lowest BCUT2D eigenvalue weighted by Crippen LogP contribution is -2.30. The normalized spacial score (nSPS) is 12.5. The number of thioether (sulfide) groups is 1. The summed E-state index contributed by atoms with van der Waals surface area (Å²) in [7, 11) is 2.05. The fraction of sp³-hybridized carbons (Fsp3) is 0.583. The Balaban J connectivity index is 2.77. The molecular formula is C12H18Cl2N2S. The maximum absolute atomic E-state index is 6.00. The summed E-state index contributed by atoms with van der Waals surface area (Å²) in [5, 5.41) is 0.633. The summed E-state index contributed by atoms with van der Waals surface area (Å²) in [5.41, 5.74) is 0.745. The van der Waals surface area contributed by atoms with Gasteiger partial charge in [0.05, 0.1) is 16.6 Å². The van der Waals surface area contributed by atoms with E-state index >= 15 is 0 Å². The van der Waals surface area contributed by atoms with E-state index in [1.54, 1.807) is 0 Å². The van der Waals surface area contributed by atoms with Crippen molar-refractivity contribution in [1.82, 2.24) is 4.98 Å². The summed E-state index contributed by atoms with van der Waals surface area (Å²) in [6, 6.07) is 4.26. The van der Waals surface area contributed by atoms with Gasteiger partial charge < -0.3 is 4.90 Å². The molecule has 0 saturated heterocycles. The molecule has 96 valence electrons. The molecule has 0 aliphatic rings. The molecule has 1 aromatic heterocycles. The van der Waals surface area contributed by atoms with E-state index in [0.29, 0.717) is 16.9 Å². The Hall–Kier alpha value is -0.120. The predicted molar refractivity (Wildman–Crippen MR) is 79.7 cm³/mol. The number of anilines is 1. The molecule has 0 aliphatic carbocycles. The van der Waals surface area contributed by atoms with E-state index in [2.05, 4.69) is 30.1 Å². The summed E-state index contributed by atoms with van der Waals surface area (Å²) in [5.74, 6) is 2.43. The summed E-state index contributed by atoms with van der Waals surface area (Å²) in [6.45, 7) is 2.20. The molecule has 0 amide bonds. The van der Waals surface area contributed by atoms with Gasteiger partial charge in [0, 0.05) is 13.1 Å². The van der Waals surface area contributed by atoms with Gasteiger partial charge in [-0.1, -0.05) is 11.6 Å². The SMILES string of the molecule is CSCCC(C)N(C)c1ccc(Cl)c(CCl)n1. The number of nitrogens with zero attached hydrogens (tertiary/aromatic N) is 2. The molecule has 1 aromatic rings. The third-order valence-electron chi connectivity index (χ3n) is 2.79. The van der Waals surface area contributed by atoms with Crippen LogP contribution in [0, 0.1) is 0 Å². The summed E-state index contributed by atoms with van der Waals surface area (Å²) in [4.78, 5) is 6.64. The zero-order valence-corrected chi connectivity index (χ0v) is 12.7. The fourth-order valence-corrected chi connectivity index (χ4v) is 2.49. The van der Waals surface area contributed by atoms with Crippen LogP contribution in [0.4, 0.5) is 5.82 Å². The van der Waals surface area contributed by atoms with Gasteiger partial charge in [-0.25, -0.2) is 4.98 Å². The Bertz CT molecular complexity index is 360. The zero-order chi connectivity index (χ0) is 12.8. The Morgan fingerprint density at radius 3 is 2.76 bits per heavy atom. The van der Waals surface area contributed by atoms with Crippen LogP contribution in [-0.4, -0.2) is 30.1 Å². The number of alkyl halides is 1. The van der Waals surface area contributed by atoms with Crippen LogP contribution in [0.1, 0.15) is 19.0 Å². The number of hydrogen-bond donors (Lipinski definition) is 0. The minimum atomic E-state index is 0.347. The minimum Gasteiger partial charge on any atom is -0.357 e. The van der Waals surface area contributed by atoms with Crippen LogP contribution in [0.15, 0.2) is 12.1 Å². The highest BCUT2D eigenvalue weighted by Gasteiger charge is 2.12. The maximum atomic E-state index is 6.00. The van der Waals surface area contributed by atoms with Crippen molar-refractivity contribution < 1.29 is 0 Å². The van der Waals surface area contributed by atoms with E-state index < -0.39 is 0 Å². The molecule has 0 saturated carbocycles. The van der Waals surface area contributed by atoms with Crippen LogP contribution >= 0.6 is 35.0 Å². The average molecular weight is 293 g/mol. The van der Waals surface area contributed by atoms with Crippen molar-refractivity contribution in [3.05, 3.63) is 22.8 Å². The summed E-state index contributed by atoms with van der Waals surface area (Å²) in [6.07, 6.45) is 3.26. The number of rotatable bonds is 6. The van der Waals surface area contributed by atoms with Crippen LogP contribution < -0.4 is 4.90 Å². The van der Waals surface area contributed by atoms with Crippen molar-refractivity contribution in [2.24, 2.45) is 0 Å². The van der Waals surface area contributed by atoms with Gasteiger partial charge in [0.15, 0.2) is 0 Å². The second kappa shape index (κ2) is 7.34. The highest BCUT2D eigenvalue weighted by molar-refractivity contribution is 7.98. The van der Waals surface area contributed by atoms with Crippen LogP contribution in [0.5, 0.6) is 0 Å². The van der Waals surface area contributed by atoms with E-state index in [4.69, 9.17) is 23.2 Å². The van der Waals surface area contributed by atoms with E-state index in [1.807, 2.05) is 23.9 Å². The topological polar surface area (TPSA) is 16.1 Å². The molecule has 0 fully saturated rings. The van der Waals surface area contributed by atoms with Gasteiger partial charge in [-0.05, 0) is 37.5 Å². The fourth-order valence-electron chi connectivity index (χ4n) is 1.47. The van der Waals surface area contributed by atoms with E-state index in [1.165, 1.54) is 0 Å². The quantitative estimate of drug-likeness (QED) is 0.736. The van der Waals surface area contributed by atoms with Gasteiger partial charge in [-0.15, -0.1) is 11.6 Å². The first kappa shape index (κ1) is 14.9. The first-order valence-corrected chi connectivity index (χ1v) is 7.84. The van der Waals surface area contributed by atoms with Gasteiger partial charge in [0.1, 0.15) is 5.82 Å². The van der Waals surface area contributed by atoms with Gasteiger partial charge in [-0.2, -0.15) is 11.8 Å². The lowest BCUT2D eigenvalue weighted by Gasteiger charge is -2.26. The Morgan fingerprint density at radius 2 is 2.18 bits per heavy atom. The first-order chi connectivity index (χ1) is 8.10. The average Bonchev–Trinajstić information content (AvgIpc) is 2.35. The second-order valence-corrected chi connectivity index (χ2v) is 5.63. The van der Waals surface area contributed by atoms with Crippen molar-refractivity contribution in [3.63, 3.8) is 0 Å². The van der Waals surface area contributed by atoms with Gasteiger partial charge in [0.25, 0.3) is 0 Å². The summed E-state index contributed by atoms with van der Waals surface area (Å²) < 4.78 is 0. The molecule has 0 aromatic carbocycles. The molecule has 0 radical (unpaired) electrons. The predicted octanol–water partition coefficient (Wildman–Crippen LogP) is 4.05. The smallest absolute Gasteiger partial charge is 0.128 e. The highest BCUT2D eigenvalue weighted by Crippen LogP contribution is 2.22. The van der Waals surface area contributed by atoms with E-state index in [0.717, 1.165) is 23.7 Å². The molecule has 0 spiro atoms. The minimum absolute atomic E-state index is 0.347. The highest BCUT2D eigenvalue weighted by atomic mass is 35.5. The van der Waals surface area contributed by atoms with Crippen LogP contribution in [0.3, 0.4) is 0 Å². The van der Waals surface area contributed by atoms with Crippen LogP contribution in [-0.2, 0) is 5.88 Å². The molecule has 1 unspecified atom stereocenters. The standard InChI is InChI=1S/C12H18Cl2N2S/c1-9(6-7-17-3)16(2)12-5-4-10(14)11(8-13)15-12/h4-5,9H,6-8H2,1-3H3. The second-order valence-electron chi connectivity index (χ2n) is 3.97. The number of pyridine rings is 1. The largest absolute Gasteiger partial charge is 0.357 e. The molecule has 1 atom stereocenters. The zero-order valence-electron chi connectivity index (χ0n) is 10.4. The molecular weight excluding hydrogens is 275 g/mol. The summed E-state index contributed by atoms with van der Waals surface area (Å²) >= 11 is 13.7. The molecule has 1 rings (SSSR count). The Morgan fingerprint density at radius 1 is 1.47 bits per heavy atom. The number of halogens is 2. The van der Waals surface area contributed by atoms with Crippen LogP contribution in [0.2, 0.25) is 5.02 Å². The molecule has 0 bridgehead atoms. The Kier molecular flexibility index (Phi) is 6.45. The van der Waals surface area contributed by atoms with Gasteiger partial charge in [-0.3, -0.25) is 0 Å². The maximum Gasteiger partial charge on any atom is 0.128 e. The lowest BCUT2D eigenvalue weighted by molar-refractivity contribution is 0.661. The van der Waals surface area contributed by atoms with Crippen molar-refractivity contribution in [2.75, 3.05) is 24.0 Å². The Labute approximate surface area is 118 Å². The molecule has 17 heavy (non-hydrogen) atoms. The third-order valence-corrected chi connectivity index (χ3v) is 4.03. The molecule has 1 heterocycles. The van der Waals surface area contributed by atoms with Crippen molar-refractivity contribution in [2.45, 2.75) is 25.3 Å². The number of aromatic nitrogens is 1. The molecule has 0 N–H and O–H groups in total. The van der Waals surface area contributed by atoms with Gasteiger partial charge in [0.2, 0.25) is 0 Å². The molecule has 5 heteroatoms. The molecule has 2 nitrogen and oxygen atoms in total. The first-order valence-electron chi connectivity index (χ1n) is 5.53. The lowest BCUT2D eigenvalue weighted by atomic mass is 10.2. The van der Waals surface area contributed by atoms with Crippen molar-refractivity contribution in [3.8, 4) is 0 Å². The third kappa shape index (κ3) is 4.23. The van der Waals surface area contributed by atoms with Crippen molar-refractivity contribution >= 4 is 40.8 Å². The monoisotopic (exact) mass is 292 g/mol. The number of hydrogen-bond acceptors (Lipinski definition) is 3. The van der Waals surface area contributed by atoms with Crippen LogP contribution in [0.25, 0.3) is 0 Å². The molecule has 0 aliphatic heterocycles. The van der Waals surface area contributed by atoms with Gasteiger partial charge >= 0.3 is 0 Å².